The van der Waals surface area contributed by atoms with Crippen molar-refractivity contribution >= 4 is 39.6 Å². The topological polar surface area (TPSA) is 79.1 Å². The first-order valence-electron chi connectivity index (χ1n) is 6.87. The van der Waals surface area contributed by atoms with Crippen LogP contribution in [-0.4, -0.2) is 39.4 Å². The summed E-state index contributed by atoms with van der Waals surface area (Å²) in [6, 6.07) is 7.92. The minimum Gasteiger partial charge on any atom is -0.467 e. The van der Waals surface area contributed by atoms with Gasteiger partial charge in [-0.05, 0) is 47.7 Å². The number of methoxy groups -OCH3 is 1. The van der Waals surface area contributed by atoms with Crippen molar-refractivity contribution in [3.05, 3.63) is 39.7 Å². The smallest absolute Gasteiger partial charge is 0.359 e. The Kier molecular flexibility index (Phi) is 4.42. The van der Waals surface area contributed by atoms with Gasteiger partial charge >= 0.3 is 12.0 Å². The molecule has 0 radical (unpaired) electrons. The van der Waals surface area contributed by atoms with Crippen LogP contribution in [-0.2, 0) is 4.74 Å². The Morgan fingerprint density at radius 1 is 1.39 bits per heavy atom. The molecule has 0 fully saturated rings. The Morgan fingerprint density at radius 3 is 2.91 bits per heavy atom. The van der Waals surface area contributed by atoms with Gasteiger partial charge in [-0.25, -0.2) is 14.5 Å². The molecule has 8 heteroatoms. The van der Waals surface area contributed by atoms with E-state index in [1.165, 1.54) is 13.3 Å². The molecule has 0 spiro atoms. The molecule has 1 aromatic carbocycles. The van der Waals surface area contributed by atoms with Crippen LogP contribution < -0.4 is 4.74 Å². The van der Waals surface area contributed by atoms with Gasteiger partial charge in [-0.3, -0.25) is 0 Å². The molecule has 0 bridgehead atoms. The van der Waals surface area contributed by atoms with E-state index in [4.69, 9.17) is 9.47 Å². The van der Waals surface area contributed by atoms with E-state index in [0.29, 0.717) is 11.0 Å². The highest BCUT2D eigenvalue weighted by Crippen LogP contribution is 2.23. The zero-order valence-corrected chi connectivity index (χ0v) is 14.6. The first kappa shape index (κ1) is 15.7. The van der Waals surface area contributed by atoms with Crippen LogP contribution in [0.5, 0.6) is 6.01 Å². The average molecular weight is 424 g/mol. The van der Waals surface area contributed by atoms with Crippen molar-refractivity contribution in [2.24, 2.45) is 0 Å². The van der Waals surface area contributed by atoms with Crippen LogP contribution in [0.2, 0.25) is 0 Å². The second kappa shape index (κ2) is 6.49. The van der Waals surface area contributed by atoms with Gasteiger partial charge in [0.05, 0.1) is 24.8 Å². The third-order valence-corrected chi connectivity index (χ3v) is 3.78. The largest absolute Gasteiger partial charge is 0.467 e. The molecule has 0 aliphatic heterocycles. The molecule has 0 saturated heterocycles. The number of carbonyl (C=O) groups is 1. The van der Waals surface area contributed by atoms with E-state index in [1.54, 1.807) is 11.6 Å². The zero-order chi connectivity index (χ0) is 16.4. The van der Waals surface area contributed by atoms with Gasteiger partial charge < -0.3 is 9.47 Å². The molecule has 0 aliphatic carbocycles. The number of aromatic nitrogens is 4. The summed E-state index contributed by atoms with van der Waals surface area (Å²) in [6.07, 6.45) is 1.52. The van der Waals surface area contributed by atoms with Gasteiger partial charge in [0.2, 0.25) is 0 Å². The number of benzene rings is 1. The second-order valence-corrected chi connectivity index (χ2v) is 5.80. The maximum Gasteiger partial charge on any atom is 0.359 e. The quantitative estimate of drug-likeness (QED) is 0.474. The van der Waals surface area contributed by atoms with Crippen LogP contribution in [0.4, 0.5) is 0 Å². The molecule has 3 aromatic rings. The van der Waals surface area contributed by atoms with Gasteiger partial charge in [-0.15, -0.1) is 0 Å². The molecule has 0 amide bonds. The van der Waals surface area contributed by atoms with Crippen molar-refractivity contribution < 1.29 is 14.3 Å². The monoisotopic (exact) mass is 424 g/mol. The lowest BCUT2D eigenvalue weighted by Crippen LogP contribution is -2.07. The number of hydrogen-bond acceptors (Lipinski definition) is 6. The number of ether oxygens (including phenoxy) is 2. The highest BCUT2D eigenvalue weighted by atomic mass is 127. The lowest BCUT2D eigenvalue weighted by Gasteiger charge is -2.03. The summed E-state index contributed by atoms with van der Waals surface area (Å²) < 4.78 is 12.8. The van der Waals surface area contributed by atoms with Crippen LogP contribution in [0.3, 0.4) is 0 Å². The SMILES string of the molecule is CCOC(=O)c1nn(-c2cccc(I)c2)c2nc(OC)ncc12. The predicted molar refractivity (Wildman–Crippen MR) is 91.9 cm³/mol. The fourth-order valence-corrected chi connectivity index (χ4v) is 2.65. The van der Waals surface area contributed by atoms with E-state index in [9.17, 15) is 4.79 Å². The molecule has 23 heavy (non-hydrogen) atoms. The van der Waals surface area contributed by atoms with E-state index in [0.717, 1.165) is 9.26 Å². The summed E-state index contributed by atoms with van der Waals surface area (Å²) in [5, 5.41) is 4.89. The molecule has 2 heterocycles. The fraction of sp³-hybridized carbons (Fsp3) is 0.200. The molecule has 118 valence electrons. The van der Waals surface area contributed by atoms with E-state index in [-0.39, 0.29) is 18.3 Å². The maximum atomic E-state index is 12.1. The molecule has 2 aromatic heterocycles. The number of fused-ring (bicyclic) bond motifs is 1. The van der Waals surface area contributed by atoms with Crippen molar-refractivity contribution in [3.63, 3.8) is 0 Å². The predicted octanol–water partition coefficient (Wildman–Crippen LogP) is 2.61. The molecule has 0 atom stereocenters. The third kappa shape index (κ3) is 2.98. The number of rotatable bonds is 4. The van der Waals surface area contributed by atoms with Crippen molar-refractivity contribution in [1.82, 2.24) is 19.7 Å². The Labute approximate surface area is 145 Å². The standard InChI is InChI=1S/C15H13IN4O3/c1-3-23-14(21)12-11-8-17-15(22-2)18-13(11)20(19-12)10-6-4-5-9(16)7-10/h4-8H,3H2,1-2H3. The average Bonchev–Trinajstić information content (AvgIpc) is 2.93. The third-order valence-electron chi connectivity index (χ3n) is 3.11. The van der Waals surface area contributed by atoms with Gasteiger partial charge in [0.1, 0.15) is 0 Å². The van der Waals surface area contributed by atoms with E-state index >= 15 is 0 Å². The summed E-state index contributed by atoms with van der Waals surface area (Å²) in [7, 11) is 1.49. The van der Waals surface area contributed by atoms with Crippen molar-refractivity contribution in [3.8, 4) is 11.7 Å². The Balaban J connectivity index is 2.25. The first-order chi connectivity index (χ1) is 11.1. The summed E-state index contributed by atoms with van der Waals surface area (Å²) in [5.41, 5.74) is 1.46. The summed E-state index contributed by atoms with van der Waals surface area (Å²) in [5.74, 6) is -0.504. The van der Waals surface area contributed by atoms with Gasteiger partial charge in [0.15, 0.2) is 11.3 Å². The normalized spacial score (nSPS) is 10.7. The molecule has 0 N–H and O–H groups in total. The molecule has 7 nitrogen and oxygen atoms in total. The van der Waals surface area contributed by atoms with Crippen LogP contribution >= 0.6 is 22.6 Å². The first-order valence-corrected chi connectivity index (χ1v) is 7.94. The van der Waals surface area contributed by atoms with E-state index in [1.807, 2.05) is 24.3 Å². The number of esters is 1. The minimum atomic E-state index is -0.504. The molecular weight excluding hydrogens is 411 g/mol. The Bertz CT molecular complexity index is 878. The van der Waals surface area contributed by atoms with Crippen molar-refractivity contribution in [2.75, 3.05) is 13.7 Å². The highest BCUT2D eigenvalue weighted by molar-refractivity contribution is 14.1. The fourth-order valence-electron chi connectivity index (χ4n) is 2.12. The zero-order valence-electron chi connectivity index (χ0n) is 12.5. The van der Waals surface area contributed by atoms with Crippen LogP contribution in [0.25, 0.3) is 16.7 Å². The van der Waals surface area contributed by atoms with Crippen LogP contribution in [0.15, 0.2) is 30.5 Å². The molecule has 0 unspecified atom stereocenters. The van der Waals surface area contributed by atoms with Crippen molar-refractivity contribution in [1.29, 1.82) is 0 Å². The highest BCUT2D eigenvalue weighted by Gasteiger charge is 2.21. The number of hydrogen-bond donors (Lipinski definition) is 0. The lowest BCUT2D eigenvalue weighted by atomic mass is 10.3. The van der Waals surface area contributed by atoms with E-state index in [2.05, 4.69) is 37.7 Å². The van der Waals surface area contributed by atoms with Gasteiger partial charge in [-0.1, -0.05) is 6.07 Å². The van der Waals surface area contributed by atoms with E-state index < -0.39 is 5.97 Å². The number of carbonyl (C=O) groups excluding carboxylic acids is 1. The number of nitrogens with zero attached hydrogens (tertiary/aromatic N) is 4. The Hall–Kier alpha value is -2.23. The molecule has 0 aliphatic rings. The summed E-state index contributed by atoms with van der Waals surface area (Å²) in [6.45, 7) is 2.02. The van der Waals surface area contributed by atoms with Gasteiger partial charge in [-0.2, -0.15) is 10.1 Å². The number of halogens is 1. The minimum absolute atomic E-state index is 0.184. The summed E-state index contributed by atoms with van der Waals surface area (Å²) >= 11 is 2.21. The Morgan fingerprint density at radius 2 is 2.22 bits per heavy atom. The van der Waals surface area contributed by atoms with Gasteiger partial charge in [0, 0.05) is 9.77 Å². The van der Waals surface area contributed by atoms with Crippen LogP contribution in [0, 0.1) is 3.57 Å². The maximum absolute atomic E-state index is 12.1. The molecule has 0 saturated carbocycles. The molecule has 3 rings (SSSR count). The van der Waals surface area contributed by atoms with Crippen LogP contribution in [0.1, 0.15) is 17.4 Å². The van der Waals surface area contributed by atoms with Crippen molar-refractivity contribution in [2.45, 2.75) is 6.92 Å². The lowest BCUT2D eigenvalue weighted by molar-refractivity contribution is 0.0521. The summed E-state index contributed by atoms with van der Waals surface area (Å²) in [4.78, 5) is 20.5. The molecular formula is C15H13IN4O3. The van der Waals surface area contributed by atoms with Gasteiger partial charge in [0.25, 0.3) is 0 Å². The second-order valence-electron chi connectivity index (χ2n) is 4.55.